The molecule has 0 bridgehead atoms. The fraction of sp³-hybridized carbons (Fsp3) is 0.167. The van der Waals surface area contributed by atoms with Crippen molar-refractivity contribution in [2.24, 2.45) is 0 Å². The Hall–Kier alpha value is -2.77. The Morgan fingerprint density at radius 2 is 2.15 bits per heavy atom. The number of carbonyl (C=O) groups excluding carboxylic acids is 1. The highest BCUT2D eigenvalue weighted by molar-refractivity contribution is 6.30. The first-order chi connectivity index (χ1) is 12.6. The van der Waals surface area contributed by atoms with Gasteiger partial charge in [-0.15, -0.1) is 0 Å². The highest BCUT2D eigenvalue weighted by Gasteiger charge is 2.24. The van der Waals surface area contributed by atoms with Crippen LogP contribution in [0.2, 0.25) is 5.02 Å². The van der Waals surface area contributed by atoms with Gasteiger partial charge in [0.15, 0.2) is 5.69 Å². The third-order valence-corrected chi connectivity index (χ3v) is 4.34. The Kier molecular flexibility index (Phi) is 4.40. The number of carbonyl (C=O) groups is 1. The van der Waals surface area contributed by atoms with Gasteiger partial charge in [0.1, 0.15) is 5.82 Å². The third-order valence-electron chi connectivity index (χ3n) is 4.13. The van der Waals surface area contributed by atoms with Crippen molar-refractivity contribution >= 4 is 17.5 Å². The Labute approximate surface area is 154 Å². The fourth-order valence-electron chi connectivity index (χ4n) is 2.91. The van der Waals surface area contributed by atoms with Gasteiger partial charge in [-0.2, -0.15) is 5.10 Å². The molecule has 0 spiro atoms. The molecule has 132 valence electrons. The fourth-order valence-corrected chi connectivity index (χ4v) is 3.13. The summed E-state index contributed by atoms with van der Waals surface area (Å²) in [5.74, 6) is -0.635. The van der Waals surface area contributed by atoms with E-state index in [-0.39, 0.29) is 16.6 Å². The largest absolute Gasteiger partial charge is 0.323 e. The normalized spacial score (nSPS) is 14.0. The van der Waals surface area contributed by atoms with Gasteiger partial charge in [-0.3, -0.25) is 15.1 Å². The van der Waals surface area contributed by atoms with Crippen LogP contribution in [0, 0.1) is 5.82 Å². The number of halogens is 2. The first-order valence-electron chi connectivity index (χ1n) is 8.09. The zero-order chi connectivity index (χ0) is 18.1. The molecule has 1 amide bonds. The van der Waals surface area contributed by atoms with E-state index < -0.39 is 5.82 Å². The van der Waals surface area contributed by atoms with E-state index in [1.165, 1.54) is 12.1 Å². The van der Waals surface area contributed by atoms with Gasteiger partial charge in [0.2, 0.25) is 0 Å². The minimum absolute atomic E-state index is 0.179. The summed E-state index contributed by atoms with van der Waals surface area (Å²) < 4.78 is 15.4. The number of amides is 1. The van der Waals surface area contributed by atoms with Crippen LogP contribution >= 0.6 is 11.6 Å². The number of nitrogens with one attached hydrogen (secondary N) is 1. The second-order valence-electron chi connectivity index (χ2n) is 5.92. The Bertz CT molecular complexity index is 933. The lowest BCUT2D eigenvalue weighted by molar-refractivity contribution is 0.0785. The second-order valence-corrected chi connectivity index (χ2v) is 6.36. The molecule has 3 heterocycles. The molecule has 1 N–H and O–H groups in total. The molecule has 1 aliphatic rings. The average Bonchev–Trinajstić information content (AvgIpc) is 3.31. The molecule has 1 aliphatic heterocycles. The number of rotatable bonds is 3. The van der Waals surface area contributed by atoms with Crippen LogP contribution in [0.1, 0.15) is 10.5 Å². The molecule has 3 aromatic rings. The van der Waals surface area contributed by atoms with E-state index in [2.05, 4.69) is 15.4 Å². The summed E-state index contributed by atoms with van der Waals surface area (Å²) in [6.45, 7) is 1.86. The maximum Gasteiger partial charge on any atom is 0.275 e. The van der Waals surface area contributed by atoms with Crippen molar-refractivity contribution in [3.8, 4) is 16.9 Å². The SMILES string of the molecule is O=C(c1cc(-c2cc(F)cc(Cl)c2)n(-c2cccnc2)n1)N1CCNC1. The maximum absolute atomic E-state index is 13.8. The number of aromatic nitrogens is 3. The van der Waals surface area contributed by atoms with Gasteiger partial charge in [0.05, 0.1) is 24.2 Å². The van der Waals surface area contributed by atoms with Crippen LogP contribution < -0.4 is 5.32 Å². The standard InChI is InChI=1S/C18H15ClFN5O/c19-13-6-12(7-14(20)8-13)17-9-16(18(26)24-5-4-22-11-24)23-25(17)15-2-1-3-21-10-15/h1-3,6-10,22H,4-5,11H2. The maximum atomic E-state index is 13.8. The zero-order valence-electron chi connectivity index (χ0n) is 13.7. The summed E-state index contributed by atoms with van der Waals surface area (Å²) in [5.41, 5.74) is 2.05. The summed E-state index contributed by atoms with van der Waals surface area (Å²) in [6.07, 6.45) is 3.27. The molecule has 4 rings (SSSR count). The third kappa shape index (κ3) is 3.18. The highest BCUT2D eigenvalue weighted by atomic mass is 35.5. The van der Waals surface area contributed by atoms with Gasteiger partial charge in [0, 0.05) is 29.9 Å². The van der Waals surface area contributed by atoms with Crippen LogP contribution in [-0.2, 0) is 0 Å². The number of hydrogen-bond acceptors (Lipinski definition) is 4. The summed E-state index contributed by atoms with van der Waals surface area (Å²) in [7, 11) is 0. The number of nitrogens with zero attached hydrogens (tertiary/aromatic N) is 4. The molecule has 0 atom stereocenters. The first kappa shape index (κ1) is 16.7. The van der Waals surface area contributed by atoms with Gasteiger partial charge in [0.25, 0.3) is 5.91 Å². The van der Waals surface area contributed by atoms with Crippen LogP contribution in [0.15, 0.2) is 48.8 Å². The molecule has 0 aliphatic carbocycles. The van der Waals surface area contributed by atoms with Gasteiger partial charge in [-0.1, -0.05) is 11.6 Å². The number of pyridine rings is 1. The molecule has 0 saturated carbocycles. The number of hydrogen-bond donors (Lipinski definition) is 1. The minimum Gasteiger partial charge on any atom is -0.323 e. The predicted molar refractivity (Wildman–Crippen MR) is 95.7 cm³/mol. The molecule has 1 saturated heterocycles. The van der Waals surface area contributed by atoms with Crippen LogP contribution in [0.5, 0.6) is 0 Å². The Morgan fingerprint density at radius 3 is 2.85 bits per heavy atom. The van der Waals surface area contributed by atoms with Crippen LogP contribution in [-0.4, -0.2) is 45.3 Å². The molecule has 6 nitrogen and oxygen atoms in total. The quantitative estimate of drug-likeness (QED) is 0.769. The van der Waals surface area contributed by atoms with Crippen molar-refractivity contribution in [3.63, 3.8) is 0 Å². The second kappa shape index (κ2) is 6.86. The Balaban J connectivity index is 1.84. The number of benzene rings is 1. The van der Waals surface area contributed by atoms with Crippen LogP contribution in [0.3, 0.4) is 0 Å². The monoisotopic (exact) mass is 371 g/mol. The van der Waals surface area contributed by atoms with Crippen LogP contribution in [0.25, 0.3) is 16.9 Å². The van der Waals surface area contributed by atoms with E-state index in [1.54, 1.807) is 40.2 Å². The molecule has 1 fully saturated rings. The van der Waals surface area contributed by atoms with Crippen molar-refractivity contribution in [2.45, 2.75) is 0 Å². The highest BCUT2D eigenvalue weighted by Crippen LogP contribution is 2.28. The lowest BCUT2D eigenvalue weighted by atomic mass is 10.1. The van der Waals surface area contributed by atoms with Crippen molar-refractivity contribution in [2.75, 3.05) is 19.8 Å². The minimum atomic E-state index is -0.456. The van der Waals surface area contributed by atoms with Gasteiger partial charge in [-0.25, -0.2) is 9.07 Å². The van der Waals surface area contributed by atoms with E-state index in [1.807, 2.05) is 6.07 Å². The average molecular weight is 372 g/mol. The van der Waals surface area contributed by atoms with E-state index in [0.29, 0.717) is 30.2 Å². The molecule has 26 heavy (non-hydrogen) atoms. The lowest BCUT2D eigenvalue weighted by Crippen LogP contribution is -2.30. The molecular weight excluding hydrogens is 357 g/mol. The first-order valence-corrected chi connectivity index (χ1v) is 8.46. The van der Waals surface area contributed by atoms with E-state index in [4.69, 9.17) is 11.6 Å². The van der Waals surface area contributed by atoms with Crippen molar-refractivity contribution in [3.05, 3.63) is 65.3 Å². The Morgan fingerprint density at radius 1 is 1.27 bits per heavy atom. The van der Waals surface area contributed by atoms with Crippen molar-refractivity contribution in [1.82, 2.24) is 25.0 Å². The molecule has 8 heteroatoms. The van der Waals surface area contributed by atoms with Crippen molar-refractivity contribution in [1.29, 1.82) is 0 Å². The van der Waals surface area contributed by atoms with Gasteiger partial charge < -0.3 is 4.90 Å². The topological polar surface area (TPSA) is 63.1 Å². The smallest absolute Gasteiger partial charge is 0.275 e. The summed E-state index contributed by atoms with van der Waals surface area (Å²) in [4.78, 5) is 18.5. The molecule has 0 unspecified atom stereocenters. The molecule has 1 aromatic carbocycles. The van der Waals surface area contributed by atoms with Gasteiger partial charge in [-0.05, 0) is 36.4 Å². The van der Waals surface area contributed by atoms with E-state index >= 15 is 0 Å². The van der Waals surface area contributed by atoms with E-state index in [9.17, 15) is 9.18 Å². The lowest BCUT2D eigenvalue weighted by Gasteiger charge is -2.11. The van der Waals surface area contributed by atoms with Crippen molar-refractivity contribution < 1.29 is 9.18 Å². The summed E-state index contributed by atoms with van der Waals surface area (Å²) in [6, 6.07) is 9.47. The molecule has 0 radical (unpaired) electrons. The summed E-state index contributed by atoms with van der Waals surface area (Å²) in [5, 5.41) is 7.84. The van der Waals surface area contributed by atoms with Crippen LogP contribution in [0.4, 0.5) is 4.39 Å². The zero-order valence-corrected chi connectivity index (χ0v) is 14.4. The van der Waals surface area contributed by atoms with E-state index in [0.717, 1.165) is 6.54 Å². The molecular formula is C18H15ClFN5O. The summed E-state index contributed by atoms with van der Waals surface area (Å²) >= 11 is 6.01. The predicted octanol–water partition coefficient (Wildman–Crippen LogP) is 2.73. The molecule has 2 aromatic heterocycles. The van der Waals surface area contributed by atoms with Gasteiger partial charge >= 0.3 is 0 Å².